The van der Waals surface area contributed by atoms with Gasteiger partial charge < -0.3 is 15.2 Å². The van der Waals surface area contributed by atoms with Gasteiger partial charge in [0.2, 0.25) is 0 Å². The zero-order valence-electron chi connectivity index (χ0n) is 17.0. The van der Waals surface area contributed by atoms with Crippen LogP contribution in [0, 0.1) is 0 Å². The lowest BCUT2D eigenvalue weighted by molar-refractivity contribution is -0.136. The van der Waals surface area contributed by atoms with Gasteiger partial charge in [-0.1, -0.05) is 30.3 Å². The highest BCUT2D eigenvalue weighted by atomic mass is 32.2. The van der Waals surface area contributed by atoms with Gasteiger partial charge >= 0.3 is 5.97 Å². The van der Waals surface area contributed by atoms with E-state index in [0.29, 0.717) is 34.5 Å². The molecule has 0 saturated heterocycles. The van der Waals surface area contributed by atoms with Crippen molar-refractivity contribution in [3.63, 3.8) is 0 Å². The fourth-order valence-electron chi connectivity index (χ4n) is 3.41. The van der Waals surface area contributed by atoms with Gasteiger partial charge in [0, 0.05) is 0 Å². The highest BCUT2D eigenvalue weighted by Crippen LogP contribution is 2.31. The molecule has 0 spiro atoms. The fraction of sp³-hybridized carbons (Fsp3) is 0.136. The van der Waals surface area contributed by atoms with Gasteiger partial charge in [-0.2, -0.15) is 0 Å². The van der Waals surface area contributed by atoms with Crippen molar-refractivity contribution in [2.24, 2.45) is 0 Å². The van der Waals surface area contributed by atoms with Crippen molar-refractivity contribution in [1.29, 1.82) is 0 Å². The smallest absolute Gasteiger partial charge is 0.307 e. The third-order valence-electron chi connectivity index (χ3n) is 4.98. The van der Waals surface area contributed by atoms with E-state index in [2.05, 4.69) is 15.0 Å². The number of carbonyl (C=O) groups excluding carboxylic acids is 1. The first-order chi connectivity index (χ1) is 15.3. The summed E-state index contributed by atoms with van der Waals surface area (Å²) >= 11 is 0. The van der Waals surface area contributed by atoms with Crippen LogP contribution < -0.4 is 14.8 Å². The molecule has 0 atom stereocenters. The maximum absolute atomic E-state index is 13.1. The number of nitrogens with one attached hydrogen (secondary N) is 2. The average molecular weight is 453 g/mol. The van der Waals surface area contributed by atoms with E-state index in [4.69, 9.17) is 9.84 Å². The molecule has 1 amide bonds. The van der Waals surface area contributed by atoms with E-state index in [0.717, 1.165) is 0 Å². The molecule has 10 heteroatoms. The van der Waals surface area contributed by atoms with Crippen molar-refractivity contribution >= 4 is 27.6 Å². The molecule has 0 unspecified atom stereocenters. The first-order valence-corrected chi connectivity index (χ1v) is 11.0. The predicted molar refractivity (Wildman–Crippen MR) is 116 cm³/mol. The van der Waals surface area contributed by atoms with Gasteiger partial charge in [0.1, 0.15) is 10.6 Å². The summed E-state index contributed by atoms with van der Waals surface area (Å²) in [5, 5.41) is 11.5. The van der Waals surface area contributed by atoms with Gasteiger partial charge in [-0.25, -0.2) is 8.42 Å². The third-order valence-corrected chi connectivity index (χ3v) is 6.38. The van der Waals surface area contributed by atoms with Crippen LogP contribution in [0.1, 0.15) is 21.6 Å². The quantitative estimate of drug-likeness (QED) is 0.500. The number of carboxylic acids is 1. The van der Waals surface area contributed by atoms with Crippen LogP contribution in [0.5, 0.6) is 5.75 Å². The minimum atomic E-state index is -4.07. The lowest BCUT2D eigenvalue weighted by atomic mass is 10.0. The largest absolute Gasteiger partial charge is 0.495 e. The summed E-state index contributed by atoms with van der Waals surface area (Å²) in [6, 6.07) is 13.0. The molecule has 9 nitrogen and oxygen atoms in total. The molecule has 2 heterocycles. The van der Waals surface area contributed by atoms with Crippen LogP contribution >= 0.6 is 0 Å². The highest BCUT2D eigenvalue weighted by molar-refractivity contribution is 7.92. The van der Waals surface area contributed by atoms with E-state index in [9.17, 15) is 18.0 Å². The molecule has 1 aliphatic heterocycles. The summed E-state index contributed by atoms with van der Waals surface area (Å²) in [7, 11) is -2.70. The number of ether oxygens (including phenoxy) is 1. The number of fused-ring (bicyclic) bond motifs is 1. The molecule has 0 fully saturated rings. The Labute approximate surface area is 184 Å². The molecule has 0 aliphatic carbocycles. The monoisotopic (exact) mass is 453 g/mol. The topological polar surface area (TPSA) is 135 Å². The van der Waals surface area contributed by atoms with Crippen molar-refractivity contribution in [1.82, 2.24) is 10.3 Å². The van der Waals surface area contributed by atoms with Crippen LogP contribution in [0.4, 0.5) is 5.69 Å². The number of rotatable bonds is 7. The first-order valence-electron chi connectivity index (χ1n) is 9.56. The van der Waals surface area contributed by atoms with Crippen LogP contribution in [0.2, 0.25) is 0 Å². The molecule has 164 valence electrons. The molecule has 4 rings (SSSR count). The number of pyridine rings is 1. The molecule has 2 aromatic carbocycles. The van der Waals surface area contributed by atoms with Crippen LogP contribution in [-0.2, 0) is 27.8 Å². The fourth-order valence-corrected chi connectivity index (χ4v) is 4.64. The van der Waals surface area contributed by atoms with Crippen LogP contribution in [0.25, 0.3) is 11.1 Å². The number of carbonyl (C=O) groups is 2. The summed E-state index contributed by atoms with van der Waals surface area (Å²) < 4.78 is 34.0. The minimum absolute atomic E-state index is 0.0861. The second-order valence-electron chi connectivity index (χ2n) is 7.14. The van der Waals surface area contributed by atoms with Crippen LogP contribution in [0.15, 0.2) is 59.6 Å². The number of nitrogens with zero attached hydrogens (tertiary/aromatic N) is 1. The molecule has 0 saturated carbocycles. The summed E-state index contributed by atoms with van der Waals surface area (Å²) in [6.45, 7) is 0.308. The summed E-state index contributed by atoms with van der Waals surface area (Å²) in [6.07, 6.45) is 1.26. The average Bonchev–Trinajstić information content (AvgIpc) is 3.13. The second kappa shape index (κ2) is 8.31. The Balaban J connectivity index is 1.67. The molecular weight excluding hydrogens is 434 g/mol. The Morgan fingerprint density at radius 3 is 2.56 bits per heavy atom. The Morgan fingerprint density at radius 2 is 1.88 bits per heavy atom. The number of methoxy groups -OCH3 is 1. The van der Waals surface area contributed by atoms with Crippen molar-refractivity contribution in [2.45, 2.75) is 17.9 Å². The van der Waals surface area contributed by atoms with E-state index in [1.54, 1.807) is 36.4 Å². The number of hydrogen-bond donors (Lipinski definition) is 3. The number of aliphatic carboxylic acids is 1. The number of amides is 1. The molecule has 32 heavy (non-hydrogen) atoms. The van der Waals surface area contributed by atoms with Gasteiger partial charge in [-0.3, -0.25) is 19.3 Å². The van der Waals surface area contributed by atoms with Crippen LogP contribution in [-0.4, -0.2) is 37.5 Å². The standard InChI is InChI=1S/C22H19N3O6S/c1-31-19-7-6-15(14-4-2-13(3-5-14)8-21(26)27)9-20(19)32(29,30)25-16-10-17-18(23-11-16)12-24-22(17)28/h2-7,9-11,25H,8,12H2,1H3,(H,24,28)(H,26,27). The molecule has 3 N–H and O–H groups in total. The van der Waals surface area contributed by atoms with Gasteiger partial charge in [-0.15, -0.1) is 0 Å². The van der Waals surface area contributed by atoms with Crippen molar-refractivity contribution in [3.8, 4) is 16.9 Å². The van der Waals surface area contributed by atoms with Gasteiger partial charge in [-0.05, 0) is 34.9 Å². The number of sulfonamides is 1. The third kappa shape index (κ3) is 4.26. The molecular formula is C22H19N3O6S. The summed E-state index contributed by atoms with van der Waals surface area (Å²) in [5.41, 5.74) is 3.01. The Hall–Kier alpha value is -3.92. The molecule has 0 radical (unpaired) electrons. The SMILES string of the molecule is COc1ccc(-c2ccc(CC(=O)O)cc2)cc1S(=O)(=O)Nc1cnc2c(c1)C(=O)NC2. The number of anilines is 1. The van der Waals surface area contributed by atoms with E-state index < -0.39 is 16.0 Å². The molecule has 3 aromatic rings. The Bertz CT molecular complexity index is 1320. The van der Waals surface area contributed by atoms with Gasteiger partial charge in [0.05, 0.1) is 43.2 Å². The molecule has 0 bridgehead atoms. The second-order valence-corrected chi connectivity index (χ2v) is 8.79. The maximum atomic E-state index is 13.1. The van der Waals surface area contributed by atoms with Gasteiger partial charge in [0.15, 0.2) is 0 Å². The summed E-state index contributed by atoms with van der Waals surface area (Å²) in [5.74, 6) is -1.09. The van der Waals surface area contributed by atoms with E-state index in [-0.39, 0.29) is 28.7 Å². The van der Waals surface area contributed by atoms with Crippen molar-refractivity contribution < 1.29 is 27.9 Å². The number of hydrogen-bond acceptors (Lipinski definition) is 6. The number of aromatic nitrogens is 1. The molecule has 1 aliphatic rings. The van der Waals surface area contributed by atoms with Crippen LogP contribution in [0.3, 0.4) is 0 Å². The van der Waals surface area contributed by atoms with E-state index in [1.165, 1.54) is 25.4 Å². The predicted octanol–water partition coefficient (Wildman–Crippen LogP) is 2.43. The van der Waals surface area contributed by atoms with Gasteiger partial charge in [0.25, 0.3) is 15.9 Å². The minimum Gasteiger partial charge on any atom is -0.495 e. The maximum Gasteiger partial charge on any atom is 0.307 e. The summed E-state index contributed by atoms with van der Waals surface area (Å²) in [4.78, 5) is 26.8. The molecule has 1 aromatic heterocycles. The van der Waals surface area contributed by atoms with Crippen molar-refractivity contribution in [2.75, 3.05) is 11.8 Å². The normalized spacial score (nSPS) is 12.7. The zero-order chi connectivity index (χ0) is 22.9. The van der Waals surface area contributed by atoms with E-state index >= 15 is 0 Å². The Morgan fingerprint density at radius 1 is 1.16 bits per heavy atom. The first kappa shape index (κ1) is 21.3. The number of carboxylic acid groups (broad SMARTS) is 1. The Kier molecular flexibility index (Phi) is 5.54. The highest BCUT2D eigenvalue weighted by Gasteiger charge is 2.24. The zero-order valence-corrected chi connectivity index (χ0v) is 17.8. The lowest BCUT2D eigenvalue weighted by Crippen LogP contribution is -2.15. The lowest BCUT2D eigenvalue weighted by Gasteiger charge is -2.14. The van der Waals surface area contributed by atoms with E-state index in [1.807, 2.05) is 0 Å². The van der Waals surface area contributed by atoms with Crippen molar-refractivity contribution in [3.05, 3.63) is 71.5 Å². The number of benzene rings is 2.